The zero-order valence-electron chi connectivity index (χ0n) is 23.7. The van der Waals surface area contributed by atoms with Crippen molar-refractivity contribution in [2.75, 3.05) is 54.5 Å². The number of hydrogen-bond donors (Lipinski definition) is 2. The van der Waals surface area contributed by atoms with E-state index in [9.17, 15) is 36.3 Å². The smallest absolute Gasteiger partial charge is 0.416 e. The van der Waals surface area contributed by atoms with Crippen molar-refractivity contribution in [2.45, 2.75) is 43.9 Å². The highest BCUT2D eigenvalue weighted by Gasteiger charge is 2.50. The van der Waals surface area contributed by atoms with Crippen LogP contribution in [0.4, 0.5) is 43.9 Å². The van der Waals surface area contributed by atoms with E-state index in [-0.39, 0.29) is 55.6 Å². The zero-order chi connectivity index (χ0) is 32.1. The molecule has 0 saturated carbocycles. The monoisotopic (exact) mass is 644 g/mol. The number of likely N-dealkylation sites (tertiary alicyclic amines) is 1. The number of nitrogens with one attached hydrogen (secondary N) is 1. The molecule has 2 saturated heterocycles. The summed E-state index contributed by atoms with van der Waals surface area (Å²) >= 11 is 6.61. The fraction of sp³-hybridized carbons (Fsp3) is 0.500. The normalized spacial score (nSPS) is 24.1. The summed E-state index contributed by atoms with van der Waals surface area (Å²) in [5.41, 5.74) is -0.142. The summed E-state index contributed by atoms with van der Waals surface area (Å²) in [7, 11) is 1.48. The van der Waals surface area contributed by atoms with Gasteiger partial charge in [0.15, 0.2) is 0 Å². The molecule has 1 aromatic carbocycles. The lowest BCUT2D eigenvalue weighted by Crippen LogP contribution is -2.59. The number of piperidine rings is 1. The van der Waals surface area contributed by atoms with Crippen LogP contribution in [0, 0.1) is 12.8 Å². The molecule has 4 heterocycles. The number of carbonyl (C=O) groups excluding carboxylic acids is 2. The molecule has 44 heavy (non-hydrogen) atoms. The summed E-state index contributed by atoms with van der Waals surface area (Å²) in [4.78, 5) is 48.1. The summed E-state index contributed by atoms with van der Waals surface area (Å²) < 4.78 is 70.4. The maximum Gasteiger partial charge on any atom is 0.416 e. The Bertz CT molecular complexity index is 1480. The van der Waals surface area contributed by atoms with Crippen molar-refractivity contribution in [3.05, 3.63) is 46.6 Å². The maximum absolute atomic E-state index is 14.7. The number of aryl methyl sites for hydroxylation is 1. The van der Waals surface area contributed by atoms with Crippen LogP contribution < -0.4 is 20.0 Å². The van der Waals surface area contributed by atoms with Gasteiger partial charge < -0.3 is 20.2 Å². The van der Waals surface area contributed by atoms with E-state index in [1.165, 1.54) is 23.8 Å². The minimum absolute atomic E-state index is 0.0237. The topological polar surface area (TPSA) is 109 Å². The predicted octanol–water partition coefficient (Wildman–Crippen LogP) is 4.24. The minimum Gasteiger partial charge on any atom is -0.465 e. The van der Waals surface area contributed by atoms with Crippen molar-refractivity contribution in [1.82, 2.24) is 15.2 Å². The summed E-state index contributed by atoms with van der Waals surface area (Å²) in [6, 6.07) is 3.79. The Kier molecular flexibility index (Phi) is 8.39. The zero-order valence-corrected chi connectivity index (χ0v) is 24.5. The summed E-state index contributed by atoms with van der Waals surface area (Å²) in [6.07, 6.45) is -6.50. The standard InChI is InChI=1S/C28H30ClF5N6O4/c1-15-10-17(28(32,33)34)12-21(35-15)40-22(41)11-16-13-39(9-8-38-7-6-20(36-26(43)44)27(30,31)14-38)24-18(29)4-3-5-19(24)37(2)25(42)23(16)40/h3-5,10,12,16,20,23,36H,6-9,11,13-14H2,1-2H3,(H,43,44)/t16-,20?,23+/m1/s1. The molecule has 3 aliphatic heterocycles. The Morgan fingerprint density at radius 3 is 2.59 bits per heavy atom. The number of fused-ring (bicyclic) bond motifs is 2. The Morgan fingerprint density at radius 2 is 1.93 bits per heavy atom. The third-order valence-corrected chi connectivity index (χ3v) is 8.59. The number of likely N-dealkylation sites (N-methyl/N-ethyl adjacent to an activating group) is 1. The van der Waals surface area contributed by atoms with Gasteiger partial charge in [0, 0.05) is 51.3 Å². The molecule has 3 amide bonds. The second-order valence-electron chi connectivity index (χ2n) is 11.3. The van der Waals surface area contributed by atoms with Crippen LogP contribution in [0.1, 0.15) is 24.1 Å². The first-order chi connectivity index (χ1) is 20.6. The number of pyridine rings is 1. The number of rotatable bonds is 5. The van der Waals surface area contributed by atoms with Crippen molar-refractivity contribution in [2.24, 2.45) is 5.92 Å². The summed E-state index contributed by atoms with van der Waals surface area (Å²) in [5.74, 6) is -5.39. The molecule has 2 fully saturated rings. The Balaban J connectivity index is 1.46. The predicted molar refractivity (Wildman–Crippen MR) is 151 cm³/mol. The van der Waals surface area contributed by atoms with Gasteiger partial charge in [0.05, 0.1) is 34.5 Å². The number of carbonyl (C=O) groups is 3. The van der Waals surface area contributed by atoms with Gasteiger partial charge in [-0.2, -0.15) is 13.2 Å². The highest BCUT2D eigenvalue weighted by molar-refractivity contribution is 6.34. The van der Waals surface area contributed by atoms with Crippen LogP contribution in [-0.2, 0) is 15.8 Å². The number of nitrogens with zero attached hydrogens (tertiary/aromatic N) is 5. The number of hydrogen-bond acceptors (Lipinski definition) is 6. The second-order valence-corrected chi connectivity index (χ2v) is 11.7. The highest BCUT2D eigenvalue weighted by atomic mass is 35.5. The number of para-hydroxylation sites is 1. The molecular weight excluding hydrogens is 615 g/mol. The van der Waals surface area contributed by atoms with Crippen LogP contribution in [0.25, 0.3) is 0 Å². The van der Waals surface area contributed by atoms with Gasteiger partial charge in [-0.3, -0.25) is 19.4 Å². The summed E-state index contributed by atoms with van der Waals surface area (Å²) in [5, 5.41) is 11.1. The van der Waals surface area contributed by atoms with Gasteiger partial charge in [0.2, 0.25) is 11.8 Å². The van der Waals surface area contributed by atoms with Crippen molar-refractivity contribution >= 4 is 46.7 Å². The van der Waals surface area contributed by atoms with Crippen LogP contribution >= 0.6 is 11.6 Å². The number of halogens is 6. The van der Waals surface area contributed by atoms with E-state index in [1.54, 1.807) is 23.1 Å². The summed E-state index contributed by atoms with van der Waals surface area (Å²) in [6.45, 7) is 1.24. The van der Waals surface area contributed by atoms with Crippen molar-refractivity contribution in [1.29, 1.82) is 0 Å². The van der Waals surface area contributed by atoms with E-state index >= 15 is 0 Å². The molecule has 16 heteroatoms. The third kappa shape index (κ3) is 6.11. The molecule has 5 rings (SSSR count). The van der Waals surface area contributed by atoms with Crippen LogP contribution in [0.5, 0.6) is 0 Å². The number of alkyl halides is 5. The van der Waals surface area contributed by atoms with E-state index in [2.05, 4.69) is 4.98 Å². The Labute approximate surface area is 254 Å². The average Bonchev–Trinajstić information content (AvgIpc) is 3.24. The molecule has 3 aliphatic rings. The van der Waals surface area contributed by atoms with Crippen LogP contribution in [-0.4, -0.2) is 90.7 Å². The highest BCUT2D eigenvalue weighted by Crippen LogP contribution is 2.43. The number of benzene rings is 1. The van der Waals surface area contributed by atoms with Crippen molar-refractivity contribution < 1.29 is 41.4 Å². The molecule has 0 spiro atoms. The molecule has 2 N–H and O–H groups in total. The second kappa shape index (κ2) is 11.7. The molecule has 10 nitrogen and oxygen atoms in total. The largest absolute Gasteiger partial charge is 0.465 e. The van der Waals surface area contributed by atoms with Gasteiger partial charge in [0.25, 0.3) is 5.92 Å². The van der Waals surface area contributed by atoms with Crippen molar-refractivity contribution in [3.8, 4) is 0 Å². The fourth-order valence-corrected chi connectivity index (χ4v) is 6.55. The van der Waals surface area contributed by atoms with Crippen molar-refractivity contribution in [3.63, 3.8) is 0 Å². The lowest BCUT2D eigenvalue weighted by Gasteiger charge is -2.41. The lowest BCUT2D eigenvalue weighted by molar-refractivity contribution is -0.137. The number of aromatic nitrogens is 1. The Morgan fingerprint density at radius 1 is 1.20 bits per heavy atom. The van der Waals surface area contributed by atoms with E-state index in [0.717, 1.165) is 17.0 Å². The van der Waals surface area contributed by atoms with Gasteiger partial charge in [-0.25, -0.2) is 18.6 Å². The molecule has 1 aromatic heterocycles. The van der Waals surface area contributed by atoms with Crippen LogP contribution in [0.15, 0.2) is 30.3 Å². The Hall–Kier alpha value is -3.72. The van der Waals surface area contributed by atoms with E-state index in [4.69, 9.17) is 16.7 Å². The molecule has 3 atom stereocenters. The first-order valence-corrected chi connectivity index (χ1v) is 14.2. The molecule has 2 aromatic rings. The maximum atomic E-state index is 14.7. The third-order valence-electron chi connectivity index (χ3n) is 8.29. The van der Waals surface area contributed by atoms with E-state index < -0.39 is 60.1 Å². The first kappa shape index (κ1) is 31.7. The number of anilines is 3. The van der Waals surface area contributed by atoms with Crippen LogP contribution in [0.3, 0.4) is 0 Å². The van der Waals surface area contributed by atoms with Gasteiger partial charge in [-0.1, -0.05) is 17.7 Å². The average molecular weight is 645 g/mol. The van der Waals surface area contributed by atoms with E-state index in [0.29, 0.717) is 11.4 Å². The van der Waals surface area contributed by atoms with Gasteiger partial charge >= 0.3 is 12.3 Å². The molecule has 0 radical (unpaired) electrons. The molecule has 0 aliphatic carbocycles. The fourth-order valence-electron chi connectivity index (χ4n) is 6.26. The molecule has 238 valence electrons. The van der Waals surface area contributed by atoms with Crippen LogP contribution in [0.2, 0.25) is 5.02 Å². The number of amides is 3. The first-order valence-electron chi connectivity index (χ1n) is 13.9. The van der Waals surface area contributed by atoms with Gasteiger partial charge in [-0.05, 0) is 37.6 Å². The molecule has 1 unspecified atom stereocenters. The lowest BCUT2D eigenvalue weighted by atomic mass is 9.95. The number of carboxylic acid groups (broad SMARTS) is 1. The SMILES string of the molecule is Cc1cc(C(F)(F)F)cc(N2C(=O)C[C@@H]3CN(CCN4CCC(NC(=O)O)C(F)(F)C4)c4c(Cl)cccc4N(C)C(=O)[C@H]32)n1. The minimum atomic E-state index is -4.70. The van der Waals surface area contributed by atoms with Gasteiger partial charge in [0.1, 0.15) is 11.9 Å². The molecule has 0 bridgehead atoms. The van der Waals surface area contributed by atoms with E-state index in [1.807, 2.05) is 5.32 Å². The molecular formula is C28H30ClF5N6O4. The quantitative estimate of drug-likeness (QED) is 0.469. The van der Waals surface area contributed by atoms with Gasteiger partial charge in [-0.15, -0.1) is 0 Å².